The van der Waals surface area contributed by atoms with Crippen molar-refractivity contribution in [3.8, 4) is 6.07 Å². The van der Waals surface area contributed by atoms with Gasteiger partial charge in [-0.05, 0) is 50.2 Å². The van der Waals surface area contributed by atoms with Gasteiger partial charge in [-0.15, -0.1) is 0 Å². The molecule has 6 nitrogen and oxygen atoms in total. The number of thioether (sulfide) groups is 1. The molecule has 1 atom stereocenters. The molecule has 2 aliphatic rings. The van der Waals surface area contributed by atoms with Crippen LogP contribution in [0, 0.1) is 24.2 Å². The van der Waals surface area contributed by atoms with E-state index in [2.05, 4.69) is 31.7 Å². The third-order valence-corrected chi connectivity index (χ3v) is 8.50. The first kappa shape index (κ1) is 27.5. The van der Waals surface area contributed by atoms with Gasteiger partial charge in [-0.2, -0.15) is 5.26 Å². The highest BCUT2D eigenvalue weighted by Gasteiger charge is 2.34. The molecule has 1 amide bonds. The predicted molar refractivity (Wildman–Crippen MR) is 150 cm³/mol. The Morgan fingerprint density at radius 1 is 1.14 bits per heavy atom. The summed E-state index contributed by atoms with van der Waals surface area (Å²) in [4.78, 5) is 31.3. The summed E-state index contributed by atoms with van der Waals surface area (Å²) in [5.74, 6) is 1.21. The minimum absolute atomic E-state index is 0.0634. The lowest BCUT2D eigenvalue weighted by molar-refractivity contribution is -0.122. The Morgan fingerprint density at radius 2 is 1.83 bits per heavy atom. The molecule has 0 N–H and O–H groups in total. The van der Waals surface area contributed by atoms with E-state index in [1.54, 1.807) is 9.47 Å². The first-order valence-electron chi connectivity index (χ1n) is 13.1. The van der Waals surface area contributed by atoms with Gasteiger partial charge in [0.1, 0.15) is 21.8 Å². The Kier molecular flexibility index (Phi) is 9.99. The summed E-state index contributed by atoms with van der Waals surface area (Å²) in [6, 6.07) is 2.14. The van der Waals surface area contributed by atoms with Gasteiger partial charge in [0.15, 0.2) is 0 Å². The number of pyridine rings is 1. The second-order valence-corrected chi connectivity index (χ2v) is 11.2. The van der Waals surface area contributed by atoms with E-state index in [-0.39, 0.29) is 17.0 Å². The SMILES string of the molecule is CCCCC(CC)CN1C(=O)/C(=C\c2c(C)c(C#N)c(=O)n(CCCC)c2N2CCCC2)SC1=S. The number of hydrogen-bond donors (Lipinski definition) is 0. The lowest BCUT2D eigenvalue weighted by Gasteiger charge is -2.27. The normalized spacial score (nSPS) is 18.1. The third-order valence-electron chi connectivity index (χ3n) is 7.12. The Balaban J connectivity index is 2.07. The van der Waals surface area contributed by atoms with Crippen LogP contribution in [0.15, 0.2) is 9.70 Å². The summed E-state index contributed by atoms with van der Waals surface area (Å²) < 4.78 is 2.36. The molecule has 3 heterocycles. The van der Waals surface area contributed by atoms with E-state index in [1.165, 1.54) is 11.8 Å². The van der Waals surface area contributed by atoms with Crippen LogP contribution in [0.4, 0.5) is 5.82 Å². The van der Waals surface area contributed by atoms with E-state index in [0.717, 1.165) is 75.8 Å². The summed E-state index contributed by atoms with van der Waals surface area (Å²) >= 11 is 6.96. The zero-order valence-corrected chi connectivity index (χ0v) is 23.2. The largest absolute Gasteiger partial charge is 0.357 e. The number of unbranched alkanes of at least 4 members (excludes halogenated alkanes) is 2. The topological polar surface area (TPSA) is 69.3 Å². The van der Waals surface area contributed by atoms with E-state index in [9.17, 15) is 14.9 Å². The third kappa shape index (κ3) is 6.00. The van der Waals surface area contributed by atoms with Crippen LogP contribution < -0.4 is 10.5 Å². The Labute approximate surface area is 219 Å². The number of thiocarbonyl (C=S) groups is 1. The number of amides is 1. The smallest absolute Gasteiger partial charge is 0.270 e. The molecule has 2 aliphatic heterocycles. The van der Waals surface area contributed by atoms with E-state index in [1.807, 2.05) is 13.0 Å². The Bertz CT molecular complexity index is 1080. The van der Waals surface area contributed by atoms with Gasteiger partial charge in [-0.3, -0.25) is 19.1 Å². The van der Waals surface area contributed by atoms with Gasteiger partial charge < -0.3 is 4.90 Å². The first-order valence-corrected chi connectivity index (χ1v) is 14.3. The lowest BCUT2D eigenvalue weighted by atomic mass is 9.99. The summed E-state index contributed by atoms with van der Waals surface area (Å²) in [6.07, 6.45) is 10.2. The fourth-order valence-corrected chi connectivity index (χ4v) is 6.16. The van der Waals surface area contributed by atoms with E-state index >= 15 is 0 Å². The molecule has 8 heteroatoms. The van der Waals surface area contributed by atoms with Gasteiger partial charge in [0.25, 0.3) is 11.5 Å². The number of nitriles is 1. The quantitative estimate of drug-likeness (QED) is 0.273. The molecule has 0 bridgehead atoms. The Hall–Kier alpha value is -2.11. The number of rotatable bonds is 11. The number of anilines is 1. The molecule has 3 rings (SSSR count). The van der Waals surface area contributed by atoms with Crippen molar-refractivity contribution in [3.63, 3.8) is 0 Å². The minimum Gasteiger partial charge on any atom is -0.357 e. The van der Waals surface area contributed by atoms with Crippen LogP contribution in [0.25, 0.3) is 6.08 Å². The van der Waals surface area contributed by atoms with Crippen molar-refractivity contribution in [1.82, 2.24) is 9.47 Å². The van der Waals surface area contributed by atoms with Crippen molar-refractivity contribution in [2.24, 2.45) is 5.92 Å². The van der Waals surface area contributed by atoms with Crippen LogP contribution in [0.5, 0.6) is 0 Å². The van der Waals surface area contributed by atoms with Crippen molar-refractivity contribution < 1.29 is 4.79 Å². The molecule has 35 heavy (non-hydrogen) atoms. The maximum absolute atomic E-state index is 13.5. The van der Waals surface area contributed by atoms with Crippen molar-refractivity contribution in [2.45, 2.75) is 85.6 Å². The fraction of sp³-hybridized carbons (Fsp3) is 0.630. The molecular weight excluding hydrogens is 476 g/mol. The van der Waals surface area contributed by atoms with E-state index in [0.29, 0.717) is 33.8 Å². The van der Waals surface area contributed by atoms with Crippen LogP contribution in [-0.4, -0.2) is 39.3 Å². The standard InChI is InChI=1S/C27H38N4O2S2/c1-5-8-12-20(7-3)18-31-26(33)23(35-27(31)34)16-21-19(4)22(17-28)25(32)30(15-9-6-2)24(21)29-13-10-11-14-29/h16,20H,5-15,18H2,1-4H3/b23-16+. The van der Waals surface area contributed by atoms with Crippen LogP contribution >= 0.6 is 24.0 Å². The number of nitrogens with zero attached hydrogens (tertiary/aromatic N) is 4. The predicted octanol–water partition coefficient (Wildman–Crippen LogP) is 5.85. The van der Waals surface area contributed by atoms with E-state index in [4.69, 9.17) is 12.2 Å². The molecule has 0 aromatic carbocycles. The molecule has 2 fully saturated rings. The van der Waals surface area contributed by atoms with Gasteiger partial charge in [0.2, 0.25) is 0 Å². The van der Waals surface area contributed by atoms with Crippen LogP contribution in [0.3, 0.4) is 0 Å². The molecule has 1 aromatic rings. The molecule has 1 aromatic heterocycles. The zero-order chi connectivity index (χ0) is 25.5. The summed E-state index contributed by atoms with van der Waals surface area (Å²) in [5, 5.41) is 9.83. The highest BCUT2D eigenvalue weighted by molar-refractivity contribution is 8.26. The molecule has 0 aliphatic carbocycles. The number of aromatic nitrogens is 1. The lowest BCUT2D eigenvalue weighted by Crippen LogP contribution is -2.34. The van der Waals surface area contributed by atoms with E-state index < -0.39 is 0 Å². The molecule has 1 unspecified atom stereocenters. The average Bonchev–Trinajstić information content (AvgIpc) is 3.47. The number of carbonyl (C=O) groups excluding carboxylic acids is 1. The van der Waals surface area contributed by atoms with Crippen LogP contribution in [-0.2, 0) is 11.3 Å². The number of hydrogen-bond acceptors (Lipinski definition) is 6. The zero-order valence-electron chi connectivity index (χ0n) is 21.6. The van der Waals surface area contributed by atoms with Gasteiger partial charge in [-0.25, -0.2) is 0 Å². The van der Waals surface area contributed by atoms with Crippen molar-refractivity contribution in [2.75, 3.05) is 24.5 Å². The molecule has 0 radical (unpaired) electrons. The summed E-state index contributed by atoms with van der Waals surface area (Å²) in [5.41, 5.74) is 1.38. The average molecular weight is 515 g/mol. The van der Waals surface area contributed by atoms with Crippen molar-refractivity contribution in [1.29, 1.82) is 5.26 Å². The maximum Gasteiger partial charge on any atom is 0.270 e. The van der Waals surface area contributed by atoms with Crippen LogP contribution in [0.1, 0.15) is 88.8 Å². The van der Waals surface area contributed by atoms with Gasteiger partial charge in [0.05, 0.1) is 4.91 Å². The fourth-order valence-electron chi connectivity index (χ4n) is 4.90. The van der Waals surface area contributed by atoms with Crippen molar-refractivity contribution in [3.05, 3.63) is 31.9 Å². The molecule has 0 saturated carbocycles. The monoisotopic (exact) mass is 514 g/mol. The molecular formula is C27H38N4O2S2. The highest BCUT2D eigenvalue weighted by Crippen LogP contribution is 2.37. The van der Waals surface area contributed by atoms with Gasteiger partial charge >= 0.3 is 0 Å². The molecule has 190 valence electrons. The number of carbonyl (C=O) groups is 1. The first-order chi connectivity index (χ1) is 16.9. The minimum atomic E-state index is -0.230. The van der Waals surface area contributed by atoms with Gasteiger partial charge in [-0.1, -0.05) is 70.4 Å². The van der Waals surface area contributed by atoms with Crippen LogP contribution in [0.2, 0.25) is 0 Å². The highest BCUT2D eigenvalue weighted by atomic mass is 32.2. The Morgan fingerprint density at radius 3 is 2.43 bits per heavy atom. The molecule has 2 saturated heterocycles. The summed E-state index contributed by atoms with van der Waals surface area (Å²) in [7, 11) is 0. The van der Waals surface area contributed by atoms with Gasteiger partial charge in [0, 0.05) is 31.7 Å². The summed E-state index contributed by atoms with van der Waals surface area (Å²) in [6.45, 7) is 11.2. The second-order valence-electron chi connectivity index (χ2n) is 9.56. The second kappa shape index (κ2) is 12.7. The van der Waals surface area contributed by atoms with Crippen molar-refractivity contribution >= 4 is 46.1 Å². The maximum atomic E-state index is 13.5. The molecule has 0 spiro atoms.